The van der Waals surface area contributed by atoms with Crippen LogP contribution in [0.4, 0.5) is 0 Å². The number of nitrogens with zero attached hydrogens (tertiary/aromatic N) is 4. The molecule has 4 rings (SSSR count). The Morgan fingerprint density at radius 1 is 1.18 bits per heavy atom. The molecular weight excluding hydrogens is 302 g/mol. The molecule has 2 heterocycles. The summed E-state index contributed by atoms with van der Waals surface area (Å²) in [5.41, 5.74) is 7.58. The third kappa shape index (κ3) is 2.30. The van der Waals surface area contributed by atoms with Crippen molar-refractivity contribution >= 4 is 12.4 Å². The number of imidazole rings is 1. The monoisotopic (exact) mass is 317 g/mol. The zero-order valence-electron chi connectivity index (χ0n) is 11.8. The quantitative estimate of drug-likeness (QED) is 0.803. The normalized spacial score (nSPS) is 15.9. The van der Waals surface area contributed by atoms with Crippen molar-refractivity contribution in [2.24, 2.45) is 5.73 Å². The number of hydrogen-bond donors (Lipinski definition) is 1. The van der Waals surface area contributed by atoms with E-state index in [1.54, 1.807) is 12.5 Å². The van der Waals surface area contributed by atoms with Crippen LogP contribution in [0.3, 0.4) is 0 Å². The summed E-state index contributed by atoms with van der Waals surface area (Å²) in [5, 5.41) is 4.05. The molecule has 0 radical (unpaired) electrons. The number of nitrogens with two attached hydrogens (primary N) is 1. The Morgan fingerprint density at radius 2 is 1.95 bits per heavy atom. The molecule has 2 N–H and O–H groups in total. The van der Waals surface area contributed by atoms with Crippen LogP contribution in [-0.2, 0) is 5.54 Å². The summed E-state index contributed by atoms with van der Waals surface area (Å²) in [6.45, 7) is 0. The van der Waals surface area contributed by atoms with Gasteiger partial charge < -0.3 is 10.3 Å². The van der Waals surface area contributed by atoms with E-state index in [2.05, 4.69) is 15.1 Å². The molecular formula is C15H16ClN5O. The Hall–Kier alpha value is -2.18. The van der Waals surface area contributed by atoms with Crippen molar-refractivity contribution in [2.75, 3.05) is 0 Å². The molecule has 7 heteroatoms. The molecule has 0 amide bonds. The molecule has 0 unspecified atom stereocenters. The molecule has 0 atom stereocenters. The first kappa shape index (κ1) is 14.7. The first-order valence-corrected chi connectivity index (χ1v) is 6.97. The van der Waals surface area contributed by atoms with Gasteiger partial charge in [-0.05, 0) is 31.4 Å². The van der Waals surface area contributed by atoms with Gasteiger partial charge in [-0.1, -0.05) is 23.4 Å². The Morgan fingerprint density at radius 3 is 2.64 bits per heavy atom. The summed E-state index contributed by atoms with van der Waals surface area (Å²) in [6, 6.07) is 9.92. The fourth-order valence-electron chi connectivity index (χ4n) is 2.56. The van der Waals surface area contributed by atoms with Crippen LogP contribution in [0.25, 0.3) is 17.3 Å². The average molecular weight is 318 g/mol. The summed E-state index contributed by atoms with van der Waals surface area (Å²) in [6.07, 6.45) is 6.38. The number of aromatic nitrogens is 4. The van der Waals surface area contributed by atoms with Crippen LogP contribution >= 0.6 is 12.4 Å². The molecule has 1 fully saturated rings. The minimum atomic E-state index is -0.417. The van der Waals surface area contributed by atoms with E-state index in [0.29, 0.717) is 11.7 Å². The van der Waals surface area contributed by atoms with Gasteiger partial charge in [-0.25, -0.2) is 4.98 Å². The molecule has 6 nitrogen and oxygen atoms in total. The van der Waals surface area contributed by atoms with Crippen LogP contribution in [0.2, 0.25) is 0 Å². The van der Waals surface area contributed by atoms with Gasteiger partial charge in [0.1, 0.15) is 5.69 Å². The molecule has 0 bridgehead atoms. The fraction of sp³-hybridized carbons (Fsp3) is 0.267. The third-order valence-corrected chi connectivity index (χ3v) is 4.01. The van der Waals surface area contributed by atoms with Crippen molar-refractivity contribution in [1.82, 2.24) is 19.7 Å². The van der Waals surface area contributed by atoms with Gasteiger partial charge in [-0.3, -0.25) is 4.57 Å². The standard InChI is InChI=1S/C15H15N5O.ClH/c16-15(7-4-8-15)14-18-13(21-19-14)12-9-17-10-20(12)11-5-2-1-3-6-11;/h1-3,5-6,9-10H,4,7-8,16H2;1H. The molecule has 0 aliphatic heterocycles. The third-order valence-electron chi connectivity index (χ3n) is 4.01. The molecule has 3 aromatic rings. The SMILES string of the molecule is Cl.NC1(c2noc(-c3cncn3-c3ccccc3)n2)CCC1. The van der Waals surface area contributed by atoms with Crippen LogP contribution < -0.4 is 5.73 Å². The lowest BCUT2D eigenvalue weighted by atomic mass is 9.77. The Balaban J connectivity index is 0.00000144. The average Bonchev–Trinajstić information content (AvgIpc) is 3.14. The van der Waals surface area contributed by atoms with Crippen molar-refractivity contribution in [3.63, 3.8) is 0 Å². The molecule has 114 valence electrons. The van der Waals surface area contributed by atoms with Crippen LogP contribution in [0, 0.1) is 0 Å². The minimum Gasteiger partial charge on any atom is -0.332 e. The van der Waals surface area contributed by atoms with Gasteiger partial charge in [-0.15, -0.1) is 12.4 Å². The van der Waals surface area contributed by atoms with E-state index in [-0.39, 0.29) is 12.4 Å². The van der Waals surface area contributed by atoms with Gasteiger partial charge in [0, 0.05) is 5.69 Å². The molecule has 1 aliphatic rings. The number of benzene rings is 1. The molecule has 22 heavy (non-hydrogen) atoms. The van der Waals surface area contributed by atoms with E-state index in [1.807, 2.05) is 34.9 Å². The fourth-order valence-corrected chi connectivity index (χ4v) is 2.56. The van der Waals surface area contributed by atoms with Gasteiger partial charge in [0.2, 0.25) is 0 Å². The maximum absolute atomic E-state index is 6.23. The number of hydrogen-bond acceptors (Lipinski definition) is 5. The van der Waals surface area contributed by atoms with Crippen molar-refractivity contribution in [3.8, 4) is 17.3 Å². The first-order chi connectivity index (χ1) is 10.3. The van der Waals surface area contributed by atoms with E-state index in [4.69, 9.17) is 10.3 Å². The van der Waals surface area contributed by atoms with Crippen molar-refractivity contribution in [3.05, 3.63) is 48.7 Å². The second kappa shape index (κ2) is 5.55. The molecule has 2 aromatic heterocycles. The Bertz CT molecular complexity index is 763. The highest BCUT2D eigenvalue weighted by atomic mass is 35.5. The van der Waals surface area contributed by atoms with Crippen molar-refractivity contribution in [1.29, 1.82) is 0 Å². The van der Waals surface area contributed by atoms with Gasteiger partial charge in [0.05, 0.1) is 18.1 Å². The van der Waals surface area contributed by atoms with E-state index < -0.39 is 5.54 Å². The maximum Gasteiger partial charge on any atom is 0.276 e. The van der Waals surface area contributed by atoms with Crippen LogP contribution in [0.5, 0.6) is 0 Å². The smallest absolute Gasteiger partial charge is 0.276 e. The van der Waals surface area contributed by atoms with Crippen molar-refractivity contribution < 1.29 is 4.52 Å². The summed E-state index contributed by atoms with van der Waals surface area (Å²) in [5.74, 6) is 1.03. The Kier molecular flexibility index (Phi) is 3.72. The van der Waals surface area contributed by atoms with Crippen molar-refractivity contribution in [2.45, 2.75) is 24.8 Å². The highest BCUT2D eigenvalue weighted by molar-refractivity contribution is 5.85. The van der Waals surface area contributed by atoms with Crippen LogP contribution in [0.15, 0.2) is 47.4 Å². The molecule has 0 spiro atoms. The van der Waals surface area contributed by atoms with Gasteiger partial charge in [0.15, 0.2) is 5.82 Å². The summed E-state index contributed by atoms with van der Waals surface area (Å²) >= 11 is 0. The van der Waals surface area contributed by atoms with Crippen LogP contribution in [0.1, 0.15) is 25.1 Å². The van der Waals surface area contributed by atoms with Gasteiger partial charge in [-0.2, -0.15) is 4.98 Å². The highest BCUT2D eigenvalue weighted by Crippen LogP contribution is 2.37. The molecule has 1 aliphatic carbocycles. The highest BCUT2D eigenvalue weighted by Gasteiger charge is 2.39. The zero-order valence-corrected chi connectivity index (χ0v) is 12.7. The van der Waals surface area contributed by atoms with Crippen LogP contribution in [-0.4, -0.2) is 19.7 Å². The lowest BCUT2D eigenvalue weighted by Crippen LogP contribution is -2.44. The largest absolute Gasteiger partial charge is 0.332 e. The summed E-state index contributed by atoms with van der Waals surface area (Å²) in [4.78, 5) is 8.65. The first-order valence-electron chi connectivity index (χ1n) is 6.97. The lowest BCUT2D eigenvalue weighted by Gasteiger charge is -2.34. The minimum absolute atomic E-state index is 0. The van der Waals surface area contributed by atoms with E-state index >= 15 is 0 Å². The van der Waals surface area contributed by atoms with E-state index in [9.17, 15) is 0 Å². The zero-order chi connectivity index (χ0) is 14.3. The second-order valence-electron chi connectivity index (χ2n) is 5.42. The number of rotatable bonds is 3. The molecule has 1 saturated carbocycles. The number of halogens is 1. The maximum atomic E-state index is 6.23. The van der Waals surface area contributed by atoms with Gasteiger partial charge in [0.25, 0.3) is 5.89 Å². The van der Waals surface area contributed by atoms with E-state index in [1.165, 1.54) is 0 Å². The lowest BCUT2D eigenvalue weighted by molar-refractivity contribution is 0.229. The summed E-state index contributed by atoms with van der Waals surface area (Å²) < 4.78 is 7.31. The molecule has 1 aromatic carbocycles. The molecule has 0 saturated heterocycles. The predicted molar refractivity (Wildman–Crippen MR) is 83.8 cm³/mol. The van der Waals surface area contributed by atoms with Gasteiger partial charge >= 0.3 is 0 Å². The number of para-hydroxylation sites is 1. The van der Waals surface area contributed by atoms with E-state index in [0.717, 1.165) is 30.6 Å². The summed E-state index contributed by atoms with van der Waals surface area (Å²) in [7, 11) is 0. The predicted octanol–water partition coefficient (Wildman–Crippen LogP) is 2.68. The second-order valence-corrected chi connectivity index (χ2v) is 5.42. The Labute approximate surface area is 133 Å². The topological polar surface area (TPSA) is 82.8 Å².